The van der Waals surface area contributed by atoms with E-state index in [0.29, 0.717) is 11.5 Å². The van der Waals surface area contributed by atoms with E-state index in [-0.39, 0.29) is 11.8 Å². The van der Waals surface area contributed by atoms with Gasteiger partial charge in [-0.3, -0.25) is 4.79 Å². The highest BCUT2D eigenvalue weighted by Crippen LogP contribution is 2.12. The predicted octanol–water partition coefficient (Wildman–Crippen LogP) is 1.75. The first kappa shape index (κ1) is 16.2. The summed E-state index contributed by atoms with van der Waals surface area (Å²) in [5.74, 6) is -1.21. The molecule has 1 N–H and O–H groups in total. The highest BCUT2D eigenvalue weighted by atomic mass is 32.2. The summed E-state index contributed by atoms with van der Waals surface area (Å²) in [5, 5.41) is 6.22. The molecular weight excluding hydrogens is 306 g/mol. The van der Waals surface area contributed by atoms with Gasteiger partial charge in [0.25, 0.3) is 0 Å². The molecule has 0 atom stereocenters. The molecule has 0 bridgehead atoms. The maximum absolute atomic E-state index is 12.0. The van der Waals surface area contributed by atoms with Gasteiger partial charge in [0, 0.05) is 11.6 Å². The molecule has 7 nitrogen and oxygen atoms in total. The van der Waals surface area contributed by atoms with Crippen molar-refractivity contribution in [3.05, 3.63) is 42.0 Å². The zero-order valence-electron chi connectivity index (χ0n) is 12.3. The van der Waals surface area contributed by atoms with E-state index in [1.54, 1.807) is 30.3 Å². The topological polar surface area (TPSA) is 102 Å². The average molecular weight is 323 g/mol. The number of sulfone groups is 1. The number of carbonyl (C=O) groups excluding carboxylic acids is 1. The molecule has 0 aliphatic heterocycles. The molecule has 0 aliphatic rings. The quantitative estimate of drug-likeness (QED) is 0.869. The molecule has 1 aromatic carbocycles. The standard InChI is InChI=1S/C14H17N3O4S/c1-10(2)14-16-13(21-17-14)9-22(19,20)8-12(18)15-11-6-4-3-5-7-11/h3-7,10H,8-9H2,1-2H3,(H,15,18). The number of carbonyl (C=O) groups is 1. The van der Waals surface area contributed by atoms with Crippen molar-refractivity contribution < 1.29 is 17.7 Å². The number of nitrogens with one attached hydrogen (secondary N) is 1. The summed E-state index contributed by atoms with van der Waals surface area (Å²) in [6, 6.07) is 8.65. The number of aromatic nitrogens is 2. The third-order valence-electron chi connectivity index (χ3n) is 2.75. The van der Waals surface area contributed by atoms with Crippen molar-refractivity contribution in [3.8, 4) is 0 Å². The molecule has 118 valence electrons. The van der Waals surface area contributed by atoms with Gasteiger partial charge in [0.05, 0.1) is 0 Å². The Balaban J connectivity index is 1.96. The molecule has 0 saturated carbocycles. The van der Waals surface area contributed by atoms with Crippen molar-refractivity contribution in [3.63, 3.8) is 0 Å². The lowest BCUT2D eigenvalue weighted by Gasteiger charge is -2.04. The van der Waals surface area contributed by atoms with Crippen molar-refractivity contribution in [1.82, 2.24) is 10.1 Å². The molecule has 8 heteroatoms. The van der Waals surface area contributed by atoms with Crippen LogP contribution in [0.3, 0.4) is 0 Å². The van der Waals surface area contributed by atoms with E-state index in [9.17, 15) is 13.2 Å². The Morgan fingerprint density at radius 2 is 1.95 bits per heavy atom. The van der Waals surface area contributed by atoms with Crippen LogP contribution in [0.1, 0.15) is 31.5 Å². The van der Waals surface area contributed by atoms with Gasteiger partial charge in [-0.1, -0.05) is 37.2 Å². The molecule has 22 heavy (non-hydrogen) atoms. The first-order valence-corrected chi connectivity index (χ1v) is 8.55. The number of benzene rings is 1. The summed E-state index contributed by atoms with van der Waals surface area (Å²) in [6.07, 6.45) is 0. The summed E-state index contributed by atoms with van der Waals surface area (Å²) in [5.41, 5.74) is 0.544. The molecule has 1 aromatic heterocycles. The van der Waals surface area contributed by atoms with Crippen LogP contribution in [0, 0.1) is 0 Å². The minimum absolute atomic E-state index is 0.00351. The maximum Gasteiger partial charge on any atom is 0.241 e. The molecule has 2 rings (SSSR count). The second-order valence-corrected chi connectivity index (χ2v) is 7.21. The van der Waals surface area contributed by atoms with Crippen LogP contribution in [-0.4, -0.2) is 30.2 Å². The number of amides is 1. The van der Waals surface area contributed by atoms with E-state index < -0.39 is 27.3 Å². The van der Waals surface area contributed by atoms with Gasteiger partial charge >= 0.3 is 0 Å². The normalized spacial score (nSPS) is 11.6. The van der Waals surface area contributed by atoms with Crippen LogP contribution in [0.5, 0.6) is 0 Å². The van der Waals surface area contributed by atoms with Crippen LogP contribution in [0.25, 0.3) is 0 Å². The fourth-order valence-corrected chi connectivity index (χ4v) is 2.79. The molecule has 0 aliphatic carbocycles. The molecule has 0 unspecified atom stereocenters. The van der Waals surface area contributed by atoms with E-state index in [0.717, 1.165) is 0 Å². The lowest BCUT2D eigenvalue weighted by atomic mass is 10.2. The molecule has 0 spiro atoms. The van der Waals surface area contributed by atoms with Gasteiger partial charge in [-0.15, -0.1) is 0 Å². The Morgan fingerprint density at radius 3 is 2.55 bits per heavy atom. The Morgan fingerprint density at radius 1 is 1.27 bits per heavy atom. The molecule has 0 radical (unpaired) electrons. The van der Waals surface area contributed by atoms with Crippen molar-refractivity contribution in [1.29, 1.82) is 0 Å². The lowest BCUT2D eigenvalue weighted by Crippen LogP contribution is -2.24. The summed E-state index contributed by atoms with van der Waals surface area (Å²) >= 11 is 0. The van der Waals surface area contributed by atoms with Gasteiger partial charge in [0.2, 0.25) is 11.8 Å². The second kappa shape index (κ2) is 6.69. The Bertz CT molecular complexity index is 738. The summed E-state index contributed by atoms with van der Waals surface area (Å²) in [7, 11) is -3.67. The van der Waals surface area contributed by atoms with Gasteiger partial charge in [0.15, 0.2) is 15.7 Å². The van der Waals surface area contributed by atoms with Gasteiger partial charge in [-0.25, -0.2) is 8.42 Å². The van der Waals surface area contributed by atoms with Gasteiger partial charge in [-0.2, -0.15) is 4.98 Å². The molecule has 2 aromatic rings. The highest BCUT2D eigenvalue weighted by molar-refractivity contribution is 7.91. The third-order valence-corrected chi connectivity index (χ3v) is 4.14. The van der Waals surface area contributed by atoms with Crippen LogP contribution in [0.15, 0.2) is 34.9 Å². The van der Waals surface area contributed by atoms with Crippen LogP contribution < -0.4 is 5.32 Å². The van der Waals surface area contributed by atoms with E-state index in [1.165, 1.54) is 0 Å². The van der Waals surface area contributed by atoms with E-state index >= 15 is 0 Å². The Kier molecular flexibility index (Phi) is 4.92. The number of anilines is 1. The minimum Gasteiger partial charge on any atom is -0.338 e. The van der Waals surface area contributed by atoms with Crippen molar-refractivity contribution in [2.24, 2.45) is 0 Å². The fraction of sp³-hybridized carbons (Fsp3) is 0.357. The van der Waals surface area contributed by atoms with Gasteiger partial charge in [0.1, 0.15) is 11.5 Å². The van der Waals surface area contributed by atoms with Gasteiger partial charge in [-0.05, 0) is 12.1 Å². The van der Waals surface area contributed by atoms with Crippen LogP contribution in [-0.2, 0) is 20.4 Å². The zero-order valence-corrected chi connectivity index (χ0v) is 13.1. The number of hydrogen-bond donors (Lipinski definition) is 1. The molecule has 1 amide bonds. The van der Waals surface area contributed by atoms with Crippen LogP contribution in [0.2, 0.25) is 0 Å². The summed E-state index contributed by atoms with van der Waals surface area (Å²) in [4.78, 5) is 15.8. The highest BCUT2D eigenvalue weighted by Gasteiger charge is 2.21. The lowest BCUT2D eigenvalue weighted by molar-refractivity contribution is -0.113. The molecule has 0 fully saturated rings. The first-order chi connectivity index (χ1) is 10.4. The minimum atomic E-state index is -3.67. The molecular formula is C14H17N3O4S. The number of rotatable bonds is 6. The zero-order chi connectivity index (χ0) is 16.2. The SMILES string of the molecule is CC(C)c1noc(CS(=O)(=O)CC(=O)Nc2ccccc2)n1. The van der Waals surface area contributed by atoms with Crippen molar-refractivity contribution in [2.75, 3.05) is 11.1 Å². The van der Waals surface area contributed by atoms with Crippen molar-refractivity contribution >= 4 is 21.4 Å². The third kappa shape index (κ3) is 4.66. The van der Waals surface area contributed by atoms with E-state index in [1.807, 2.05) is 13.8 Å². The maximum atomic E-state index is 12.0. The summed E-state index contributed by atoms with van der Waals surface area (Å²) in [6.45, 7) is 3.74. The van der Waals surface area contributed by atoms with E-state index in [2.05, 4.69) is 15.5 Å². The fourth-order valence-electron chi connectivity index (χ4n) is 1.72. The first-order valence-electron chi connectivity index (χ1n) is 6.73. The predicted molar refractivity (Wildman–Crippen MR) is 80.9 cm³/mol. The van der Waals surface area contributed by atoms with Crippen molar-refractivity contribution in [2.45, 2.75) is 25.5 Å². The Labute approximate surface area is 128 Å². The monoisotopic (exact) mass is 323 g/mol. The van der Waals surface area contributed by atoms with E-state index in [4.69, 9.17) is 4.52 Å². The molecule has 1 heterocycles. The van der Waals surface area contributed by atoms with Crippen LogP contribution >= 0.6 is 0 Å². The number of para-hydroxylation sites is 1. The largest absolute Gasteiger partial charge is 0.338 e. The number of hydrogen-bond acceptors (Lipinski definition) is 6. The van der Waals surface area contributed by atoms with Crippen LogP contribution in [0.4, 0.5) is 5.69 Å². The molecule has 0 saturated heterocycles. The average Bonchev–Trinajstić information content (AvgIpc) is 2.86. The second-order valence-electron chi connectivity index (χ2n) is 5.15. The van der Waals surface area contributed by atoms with Gasteiger partial charge < -0.3 is 9.84 Å². The number of nitrogens with zero attached hydrogens (tertiary/aromatic N) is 2. The Hall–Kier alpha value is -2.22. The smallest absolute Gasteiger partial charge is 0.241 e. The summed E-state index contributed by atoms with van der Waals surface area (Å²) < 4.78 is 28.9.